The third-order valence-corrected chi connectivity index (χ3v) is 4.51. The first-order valence-corrected chi connectivity index (χ1v) is 9.33. The predicted molar refractivity (Wildman–Crippen MR) is 112 cm³/mol. The molecule has 0 saturated carbocycles. The van der Waals surface area contributed by atoms with E-state index in [1.807, 2.05) is 59.4 Å². The zero-order chi connectivity index (χ0) is 19.8. The van der Waals surface area contributed by atoms with Gasteiger partial charge in [-0.15, -0.1) is 0 Å². The quantitative estimate of drug-likeness (QED) is 0.738. The Morgan fingerprint density at radius 1 is 1.00 bits per heavy atom. The number of nitrogens with zero attached hydrogens (tertiary/aromatic N) is 2. The minimum atomic E-state index is 0.0240. The molecule has 2 aromatic carbocycles. The molecule has 1 N–H and O–H groups in total. The van der Waals surface area contributed by atoms with Gasteiger partial charge in [-0.1, -0.05) is 24.3 Å². The van der Waals surface area contributed by atoms with Gasteiger partial charge in [0, 0.05) is 26.3 Å². The normalized spacial score (nSPS) is 11.9. The molecule has 1 unspecified atom stereocenters. The maximum atomic E-state index is 12.4. The van der Waals surface area contributed by atoms with Gasteiger partial charge in [-0.2, -0.15) is 0 Å². The van der Waals surface area contributed by atoms with Crippen molar-refractivity contribution in [2.24, 2.45) is 0 Å². The number of carbonyl (C=O) groups is 1. The highest BCUT2D eigenvalue weighted by Crippen LogP contribution is 2.21. The lowest BCUT2D eigenvalue weighted by atomic mass is 10.0. The lowest BCUT2D eigenvalue weighted by Crippen LogP contribution is -2.35. The predicted octanol–water partition coefficient (Wildman–Crippen LogP) is 3.11. The second-order valence-electron chi connectivity index (χ2n) is 7.02. The Labute approximate surface area is 162 Å². The molecule has 0 aliphatic rings. The number of amides is 1. The molecule has 2 aromatic rings. The number of carbonyl (C=O) groups excluding carboxylic acids is 1. The summed E-state index contributed by atoms with van der Waals surface area (Å²) in [5.74, 6) is 0.853. The van der Waals surface area contributed by atoms with Crippen molar-refractivity contribution in [3.63, 3.8) is 0 Å². The summed E-state index contributed by atoms with van der Waals surface area (Å²) in [7, 11) is 8.12. The highest BCUT2D eigenvalue weighted by Gasteiger charge is 2.15. The SMILES string of the molecule is CCOc1ccc(CC(=O)NCC(c2ccc(N(C)C)cc2)N(C)C)cc1. The molecule has 0 spiro atoms. The van der Waals surface area contributed by atoms with E-state index in [0.717, 1.165) is 17.0 Å². The van der Waals surface area contributed by atoms with Crippen LogP contribution in [0, 0.1) is 0 Å². The highest BCUT2D eigenvalue weighted by molar-refractivity contribution is 5.78. The van der Waals surface area contributed by atoms with Crippen molar-refractivity contribution in [3.8, 4) is 5.75 Å². The van der Waals surface area contributed by atoms with Gasteiger partial charge in [0.2, 0.25) is 5.91 Å². The van der Waals surface area contributed by atoms with Crippen LogP contribution in [0.4, 0.5) is 5.69 Å². The topological polar surface area (TPSA) is 44.8 Å². The molecule has 0 aliphatic heterocycles. The Morgan fingerprint density at radius 3 is 2.15 bits per heavy atom. The minimum Gasteiger partial charge on any atom is -0.494 e. The van der Waals surface area contributed by atoms with Crippen LogP contribution < -0.4 is 15.0 Å². The molecule has 0 heterocycles. The van der Waals surface area contributed by atoms with Crippen LogP contribution in [0.5, 0.6) is 5.75 Å². The summed E-state index contributed by atoms with van der Waals surface area (Å²) in [6.45, 7) is 3.17. The highest BCUT2D eigenvalue weighted by atomic mass is 16.5. The van der Waals surface area contributed by atoms with Crippen LogP contribution in [-0.4, -0.2) is 52.1 Å². The molecule has 0 fully saturated rings. The zero-order valence-corrected chi connectivity index (χ0v) is 17.0. The molecule has 1 amide bonds. The molecule has 2 rings (SSSR count). The lowest BCUT2D eigenvalue weighted by Gasteiger charge is -2.26. The number of hydrogen-bond acceptors (Lipinski definition) is 4. The number of likely N-dealkylation sites (N-methyl/N-ethyl adjacent to an activating group) is 1. The van der Waals surface area contributed by atoms with E-state index in [4.69, 9.17) is 4.74 Å². The van der Waals surface area contributed by atoms with Gasteiger partial charge in [-0.25, -0.2) is 0 Å². The number of benzene rings is 2. The molecule has 27 heavy (non-hydrogen) atoms. The molecule has 0 bridgehead atoms. The summed E-state index contributed by atoms with van der Waals surface area (Å²) < 4.78 is 5.43. The first kappa shape index (κ1) is 20.8. The third-order valence-electron chi connectivity index (χ3n) is 4.51. The van der Waals surface area contributed by atoms with E-state index in [9.17, 15) is 4.79 Å². The van der Waals surface area contributed by atoms with Crippen LogP contribution >= 0.6 is 0 Å². The summed E-state index contributed by atoms with van der Waals surface area (Å²) >= 11 is 0. The summed E-state index contributed by atoms with van der Waals surface area (Å²) in [6.07, 6.45) is 0.367. The molecule has 5 heteroatoms. The first-order valence-electron chi connectivity index (χ1n) is 9.33. The third kappa shape index (κ3) is 6.29. The lowest BCUT2D eigenvalue weighted by molar-refractivity contribution is -0.120. The molecule has 0 saturated heterocycles. The Balaban J connectivity index is 1.93. The van der Waals surface area contributed by atoms with Gasteiger partial charge >= 0.3 is 0 Å². The second-order valence-corrected chi connectivity index (χ2v) is 7.02. The number of nitrogens with one attached hydrogen (secondary N) is 1. The van der Waals surface area contributed by atoms with Crippen LogP contribution in [0.1, 0.15) is 24.1 Å². The Morgan fingerprint density at radius 2 is 1.63 bits per heavy atom. The standard InChI is InChI=1S/C22H31N3O2/c1-6-27-20-13-7-17(8-14-20)15-22(26)23-16-21(25(4)5)18-9-11-19(12-10-18)24(2)3/h7-14,21H,6,15-16H2,1-5H3,(H,23,26). The summed E-state index contributed by atoms with van der Waals surface area (Å²) in [5, 5.41) is 3.07. The van der Waals surface area contributed by atoms with Crippen LogP contribution in [0.15, 0.2) is 48.5 Å². The molecule has 0 radical (unpaired) electrons. The fourth-order valence-corrected chi connectivity index (χ4v) is 2.92. The van der Waals surface area contributed by atoms with Gasteiger partial charge in [0.15, 0.2) is 0 Å². The van der Waals surface area contributed by atoms with Crippen molar-refractivity contribution in [2.75, 3.05) is 46.2 Å². The van der Waals surface area contributed by atoms with Gasteiger partial charge in [-0.3, -0.25) is 4.79 Å². The second kappa shape index (κ2) is 9.97. The van der Waals surface area contributed by atoms with E-state index in [-0.39, 0.29) is 11.9 Å². The van der Waals surface area contributed by atoms with Crippen molar-refractivity contribution < 1.29 is 9.53 Å². The van der Waals surface area contributed by atoms with Gasteiger partial charge < -0.3 is 19.9 Å². The van der Waals surface area contributed by atoms with Crippen molar-refractivity contribution in [3.05, 3.63) is 59.7 Å². The van der Waals surface area contributed by atoms with E-state index in [1.165, 1.54) is 5.56 Å². The molecule has 0 aromatic heterocycles. The first-order chi connectivity index (χ1) is 12.9. The van der Waals surface area contributed by atoms with Crippen LogP contribution in [-0.2, 0) is 11.2 Å². The largest absolute Gasteiger partial charge is 0.494 e. The summed E-state index contributed by atoms with van der Waals surface area (Å²) in [6, 6.07) is 16.3. The number of hydrogen-bond donors (Lipinski definition) is 1. The van der Waals surface area contributed by atoms with Crippen molar-refractivity contribution >= 4 is 11.6 Å². The fraction of sp³-hybridized carbons (Fsp3) is 0.409. The van der Waals surface area contributed by atoms with Crippen LogP contribution in [0.25, 0.3) is 0 Å². The monoisotopic (exact) mass is 369 g/mol. The molecular formula is C22H31N3O2. The van der Waals surface area contributed by atoms with E-state index >= 15 is 0 Å². The van der Waals surface area contributed by atoms with Gasteiger partial charge in [0.25, 0.3) is 0 Å². The molecule has 5 nitrogen and oxygen atoms in total. The molecule has 1 atom stereocenters. The molecule has 146 valence electrons. The van der Waals surface area contributed by atoms with E-state index in [0.29, 0.717) is 19.6 Å². The summed E-state index contributed by atoms with van der Waals surface area (Å²) in [4.78, 5) is 16.6. The van der Waals surface area contributed by atoms with Crippen molar-refractivity contribution in [1.82, 2.24) is 10.2 Å². The smallest absolute Gasteiger partial charge is 0.224 e. The van der Waals surface area contributed by atoms with Gasteiger partial charge in [0.05, 0.1) is 19.1 Å². The van der Waals surface area contributed by atoms with E-state index in [2.05, 4.69) is 39.4 Å². The molecule has 0 aliphatic carbocycles. The van der Waals surface area contributed by atoms with Crippen LogP contribution in [0.2, 0.25) is 0 Å². The maximum Gasteiger partial charge on any atom is 0.224 e. The summed E-state index contributed by atoms with van der Waals surface area (Å²) in [5.41, 5.74) is 3.33. The number of ether oxygens (including phenoxy) is 1. The fourth-order valence-electron chi connectivity index (χ4n) is 2.92. The zero-order valence-electron chi connectivity index (χ0n) is 17.0. The molecular weight excluding hydrogens is 338 g/mol. The number of rotatable bonds is 9. The average molecular weight is 370 g/mol. The van der Waals surface area contributed by atoms with E-state index in [1.54, 1.807) is 0 Å². The van der Waals surface area contributed by atoms with Gasteiger partial charge in [0.1, 0.15) is 5.75 Å². The van der Waals surface area contributed by atoms with Crippen molar-refractivity contribution in [1.29, 1.82) is 0 Å². The van der Waals surface area contributed by atoms with Crippen LogP contribution in [0.3, 0.4) is 0 Å². The van der Waals surface area contributed by atoms with Crippen molar-refractivity contribution in [2.45, 2.75) is 19.4 Å². The Bertz CT molecular complexity index is 709. The Kier molecular flexibility index (Phi) is 7.67. The Hall–Kier alpha value is -2.53. The van der Waals surface area contributed by atoms with Gasteiger partial charge in [-0.05, 0) is 56.4 Å². The minimum absolute atomic E-state index is 0.0240. The van der Waals surface area contributed by atoms with E-state index < -0.39 is 0 Å². The average Bonchev–Trinajstić information content (AvgIpc) is 2.64. The maximum absolute atomic E-state index is 12.4. The number of anilines is 1.